The maximum absolute atomic E-state index is 12.8. The third-order valence-corrected chi connectivity index (χ3v) is 4.61. The van der Waals surface area contributed by atoms with Crippen molar-refractivity contribution in [1.29, 1.82) is 0 Å². The Kier molecular flexibility index (Phi) is 3.90. The van der Waals surface area contributed by atoms with Crippen LogP contribution in [0.25, 0.3) is 0 Å². The molecule has 1 aromatic carbocycles. The van der Waals surface area contributed by atoms with Crippen LogP contribution in [0.3, 0.4) is 0 Å². The van der Waals surface area contributed by atoms with Crippen molar-refractivity contribution in [2.24, 2.45) is 11.1 Å². The molecular formula is C15H20N2OS. The maximum Gasteiger partial charge on any atom is 0.236 e. The monoisotopic (exact) mass is 276 g/mol. The third-order valence-electron chi connectivity index (χ3n) is 4.22. The van der Waals surface area contributed by atoms with Crippen LogP contribution in [0.5, 0.6) is 0 Å². The molecule has 0 radical (unpaired) electrons. The second-order valence-corrected chi connectivity index (χ2v) is 5.52. The summed E-state index contributed by atoms with van der Waals surface area (Å²) in [7, 11) is 0. The molecule has 0 aromatic heterocycles. The zero-order chi connectivity index (χ0) is 14.0. The smallest absolute Gasteiger partial charge is 0.236 e. The molecule has 0 aliphatic carbocycles. The molecule has 0 bridgehead atoms. The van der Waals surface area contributed by atoms with Gasteiger partial charge in [-0.25, -0.2) is 0 Å². The molecule has 19 heavy (non-hydrogen) atoms. The van der Waals surface area contributed by atoms with Crippen LogP contribution in [0, 0.1) is 5.41 Å². The van der Waals surface area contributed by atoms with E-state index in [-0.39, 0.29) is 5.91 Å². The predicted octanol–water partition coefficient (Wildman–Crippen LogP) is 2.62. The van der Waals surface area contributed by atoms with Crippen LogP contribution < -0.4 is 5.73 Å². The summed E-state index contributed by atoms with van der Waals surface area (Å²) < 4.78 is 0. The summed E-state index contributed by atoms with van der Waals surface area (Å²) in [6.45, 7) is 5.28. The number of hydrogen-bond acceptors (Lipinski definition) is 2. The van der Waals surface area contributed by atoms with Crippen LogP contribution in [-0.4, -0.2) is 15.8 Å². The third kappa shape index (κ3) is 2.25. The molecule has 0 spiro atoms. The van der Waals surface area contributed by atoms with E-state index in [1.807, 2.05) is 30.9 Å². The fourth-order valence-electron chi connectivity index (χ4n) is 2.79. The summed E-state index contributed by atoms with van der Waals surface area (Å²) in [5.41, 5.74) is 7.61. The number of benzene rings is 1. The highest BCUT2D eigenvalue weighted by molar-refractivity contribution is 7.80. The van der Waals surface area contributed by atoms with Gasteiger partial charge in [0.2, 0.25) is 5.91 Å². The first-order valence-corrected chi connectivity index (χ1v) is 7.12. The SMILES string of the molecule is CCC(CC)(C(=O)N1Cc2ccccc2C1)C(N)=S. The van der Waals surface area contributed by atoms with E-state index in [2.05, 4.69) is 12.1 Å². The first kappa shape index (κ1) is 14.0. The molecule has 0 unspecified atom stereocenters. The molecule has 2 rings (SSSR count). The van der Waals surface area contributed by atoms with E-state index in [0.29, 0.717) is 30.9 Å². The van der Waals surface area contributed by atoms with Crippen molar-refractivity contribution in [2.45, 2.75) is 39.8 Å². The number of carbonyl (C=O) groups is 1. The fourth-order valence-corrected chi connectivity index (χ4v) is 3.16. The van der Waals surface area contributed by atoms with Crippen molar-refractivity contribution in [3.8, 4) is 0 Å². The summed E-state index contributed by atoms with van der Waals surface area (Å²) in [5, 5.41) is 0. The van der Waals surface area contributed by atoms with Gasteiger partial charge >= 0.3 is 0 Å². The van der Waals surface area contributed by atoms with Crippen molar-refractivity contribution in [1.82, 2.24) is 4.90 Å². The average Bonchev–Trinajstić information content (AvgIpc) is 2.83. The first-order chi connectivity index (χ1) is 9.05. The Balaban J connectivity index is 2.25. The van der Waals surface area contributed by atoms with Crippen molar-refractivity contribution >= 4 is 23.1 Å². The zero-order valence-corrected chi connectivity index (χ0v) is 12.3. The highest BCUT2D eigenvalue weighted by Crippen LogP contribution is 2.33. The van der Waals surface area contributed by atoms with Crippen LogP contribution in [0.4, 0.5) is 0 Å². The van der Waals surface area contributed by atoms with E-state index >= 15 is 0 Å². The van der Waals surface area contributed by atoms with E-state index in [0.717, 1.165) is 0 Å². The van der Waals surface area contributed by atoms with Crippen molar-refractivity contribution in [3.63, 3.8) is 0 Å². The molecule has 0 fully saturated rings. The highest BCUT2D eigenvalue weighted by Gasteiger charge is 2.42. The second-order valence-electron chi connectivity index (χ2n) is 5.08. The molecule has 1 aliphatic heterocycles. The fraction of sp³-hybridized carbons (Fsp3) is 0.467. The van der Waals surface area contributed by atoms with Gasteiger partial charge in [0.1, 0.15) is 0 Å². The van der Waals surface area contributed by atoms with Gasteiger partial charge in [0.15, 0.2) is 0 Å². The number of amides is 1. The molecule has 1 aliphatic rings. The predicted molar refractivity (Wildman–Crippen MR) is 80.5 cm³/mol. The van der Waals surface area contributed by atoms with E-state index in [9.17, 15) is 4.79 Å². The summed E-state index contributed by atoms with van der Waals surface area (Å²) >= 11 is 5.16. The summed E-state index contributed by atoms with van der Waals surface area (Å²) in [6.07, 6.45) is 1.31. The van der Waals surface area contributed by atoms with Crippen LogP contribution in [-0.2, 0) is 17.9 Å². The Morgan fingerprint density at radius 1 is 1.26 bits per heavy atom. The van der Waals surface area contributed by atoms with Crippen molar-refractivity contribution in [3.05, 3.63) is 35.4 Å². The molecule has 1 aromatic rings. The number of nitrogens with zero attached hydrogens (tertiary/aromatic N) is 1. The van der Waals surface area contributed by atoms with Gasteiger partial charge in [0.05, 0.1) is 10.4 Å². The number of thiocarbonyl (C=S) groups is 1. The normalized spacial score (nSPS) is 14.3. The standard InChI is InChI=1S/C15H20N2OS/c1-3-15(4-2,13(16)19)14(18)17-9-11-7-5-6-8-12(11)10-17/h5-8H,3-4,9-10H2,1-2H3,(H2,16,19). The second kappa shape index (κ2) is 5.29. The van der Waals surface area contributed by atoms with Gasteiger partial charge in [-0.05, 0) is 24.0 Å². The maximum atomic E-state index is 12.8. The topological polar surface area (TPSA) is 46.3 Å². The lowest BCUT2D eigenvalue weighted by atomic mass is 9.80. The van der Waals surface area contributed by atoms with E-state index in [4.69, 9.17) is 18.0 Å². The van der Waals surface area contributed by atoms with Gasteiger partial charge in [-0.2, -0.15) is 0 Å². The minimum absolute atomic E-state index is 0.0706. The van der Waals surface area contributed by atoms with Crippen LogP contribution in [0.2, 0.25) is 0 Å². The van der Waals surface area contributed by atoms with Gasteiger partial charge in [-0.3, -0.25) is 4.79 Å². The summed E-state index contributed by atoms with van der Waals surface area (Å²) in [6, 6.07) is 8.16. The van der Waals surface area contributed by atoms with E-state index in [1.165, 1.54) is 11.1 Å². The molecule has 4 heteroatoms. The lowest BCUT2D eigenvalue weighted by Gasteiger charge is -2.33. The molecule has 0 saturated heterocycles. The van der Waals surface area contributed by atoms with Gasteiger partial charge in [0, 0.05) is 13.1 Å². The van der Waals surface area contributed by atoms with Crippen LogP contribution in [0.1, 0.15) is 37.8 Å². The Hall–Kier alpha value is -1.42. The van der Waals surface area contributed by atoms with Crippen LogP contribution >= 0.6 is 12.2 Å². The quantitative estimate of drug-likeness (QED) is 0.860. The van der Waals surface area contributed by atoms with Gasteiger partial charge in [-0.15, -0.1) is 0 Å². The molecular weight excluding hydrogens is 256 g/mol. The largest absolute Gasteiger partial charge is 0.392 e. The Bertz CT molecular complexity index is 484. The van der Waals surface area contributed by atoms with Crippen molar-refractivity contribution < 1.29 is 4.79 Å². The first-order valence-electron chi connectivity index (χ1n) is 6.71. The number of rotatable bonds is 4. The lowest BCUT2D eigenvalue weighted by molar-refractivity contribution is -0.139. The lowest BCUT2D eigenvalue weighted by Crippen LogP contribution is -2.48. The van der Waals surface area contributed by atoms with E-state index < -0.39 is 5.41 Å². The average molecular weight is 276 g/mol. The Labute approximate surface area is 119 Å². The number of nitrogens with two attached hydrogens (primary N) is 1. The molecule has 102 valence electrons. The van der Waals surface area contributed by atoms with Crippen LogP contribution in [0.15, 0.2) is 24.3 Å². The Morgan fingerprint density at radius 3 is 2.11 bits per heavy atom. The van der Waals surface area contributed by atoms with Gasteiger partial charge in [-0.1, -0.05) is 50.3 Å². The molecule has 3 nitrogen and oxygen atoms in total. The van der Waals surface area contributed by atoms with Crippen molar-refractivity contribution in [2.75, 3.05) is 0 Å². The summed E-state index contributed by atoms with van der Waals surface area (Å²) in [4.78, 5) is 15.0. The molecule has 1 amide bonds. The molecule has 0 saturated carbocycles. The molecule has 1 heterocycles. The highest BCUT2D eigenvalue weighted by atomic mass is 32.1. The zero-order valence-electron chi connectivity index (χ0n) is 11.5. The summed E-state index contributed by atoms with van der Waals surface area (Å²) in [5.74, 6) is 0.0706. The molecule has 2 N–H and O–H groups in total. The number of hydrogen-bond donors (Lipinski definition) is 1. The van der Waals surface area contributed by atoms with Gasteiger partial charge < -0.3 is 10.6 Å². The molecule has 0 atom stereocenters. The minimum atomic E-state index is -0.683. The Morgan fingerprint density at radius 2 is 1.74 bits per heavy atom. The van der Waals surface area contributed by atoms with E-state index in [1.54, 1.807) is 0 Å². The number of carbonyl (C=O) groups excluding carboxylic acids is 1. The number of fused-ring (bicyclic) bond motifs is 1. The van der Waals surface area contributed by atoms with Gasteiger partial charge in [0.25, 0.3) is 0 Å². The minimum Gasteiger partial charge on any atom is -0.392 e.